The van der Waals surface area contributed by atoms with Crippen LogP contribution in [0.2, 0.25) is 0 Å². The number of rotatable bonds is 13. The highest BCUT2D eigenvalue weighted by Crippen LogP contribution is 2.31. The van der Waals surface area contributed by atoms with E-state index < -0.39 is 11.7 Å². The molecule has 2 heterocycles. The molecule has 0 aromatic carbocycles. The van der Waals surface area contributed by atoms with Gasteiger partial charge in [-0.15, -0.1) is 0 Å². The second-order valence-electron chi connectivity index (χ2n) is 8.88. The van der Waals surface area contributed by atoms with Crippen LogP contribution < -0.4 is 15.4 Å². The molecule has 0 saturated carbocycles. The first-order valence-corrected chi connectivity index (χ1v) is 11.4. The molecule has 1 aliphatic heterocycles. The number of aromatic nitrogens is 1. The fraction of sp³-hybridized carbons (Fsp3) is 0.696. The minimum absolute atomic E-state index is 0.0510. The summed E-state index contributed by atoms with van der Waals surface area (Å²) in [5.41, 5.74) is 0.632. The van der Waals surface area contributed by atoms with Crippen molar-refractivity contribution in [3.63, 3.8) is 0 Å². The van der Waals surface area contributed by atoms with Gasteiger partial charge in [-0.3, -0.25) is 14.7 Å². The summed E-state index contributed by atoms with van der Waals surface area (Å²) >= 11 is 0. The molecule has 2 N–H and O–H groups in total. The molecule has 0 radical (unpaired) electrons. The molecular weight excluding hydrogens is 428 g/mol. The number of likely N-dealkylation sites (tertiary alicyclic amines) is 1. The molecule has 1 aliphatic rings. The van der Waals surface area contributed by atoms with Gasteiger partial charge in [-0.1, -0.05) is 0 Å². The summed E-state index contributed by atoms with van der Waals surface area (Å²) in [6, 6.07) is 2.41. The summed E-state index contributed by atoms with van der Waals surface area (Å²) in [4.78, 5) is 29.9. The SMILES string of the molecule is CN1CCC[C@H]1c1cncc(OCCNC(=O)COCCOCCNC(=O)OC(C)(C)C)c1. The lowest BCUT2D eigenvalue weighted by Gasteiger charge is -2.19. The fourth-order valence-electron chi connectivity index (χ4n) is 3.36. The zero-order valence-corrected chi connectivity index (χ0v) is 20.2. The van der Waals surface area contributed by atoms with Crippen LogP contribution in [0.5, 0.6) is 5.75 Å². The van der Waals surface area contributed by atoms with Gasteiger partial charge in [0, 0.05) is 18.8 Å². The summed E-state index contributed by atoms with van der Waals surface area (Å²) in [5, 5.41) is 5.35. The van der Waals surface area contributed by atoms with Gasteiger partial charge in [0.25, 0.3) is 0 Å². The van der Waals surface area contributed by atoms with Gasteiger partial charge in [0.1, 0.15) is 24.6 Å². The first-order chi connectivity index (χ1) is 15.7. The van der Waals surface area contributed by atoms with Crippen LogP contribution in [0.3, 0.4) is 0 Å². The van der Waals surface area contributed by atoms with Gasteiger partial charge in [-0.05, 0) is 58.8 Å². The molecule has 10 nitrogen and oxygen atoms in total. The molecule has 1 aromatic rings. The number of hydrogen-bond donors (Lipinski definition) is 2. The van der Waals surface area contributed by atoms with E-state index in [4.69, 9.17) is 18.9 Å². The molecule has 33 heavy (non-hydrogen) atoms. The maximum absolute atomic E-state index is 11.8. The van der Waals surface area contributed by atoms with Crippen molar-refractivity contribution in [3.05, 3.63) is 24.0 Å². The van der Waals surface area contributed by atoms with E-state index in [1.165, 1.54) is 6.42 Å². The van der Waals surface area contributed by atoms with Crippen molar-refractivity contribution in [2.24, 2.45) is 0 Å². The van der Waals surface area contributed by atoms with Gasteiger partial charge in [0.05, 0.1) is 32.6 Å². The number of pyridine rings is 1. The predicted molar refractivity (Wildman–Crippen MR) is 123 cm³/mol. The Bertz CT molecular complexity index is 740. The Kier molecular flexibility index (Phi) is 11.4. The number of carbonyl (C=O) groups is 2. The average molecular weight is 467 g/mol. The van der Waals surface area contributed by atoms with Gasteiger partial charge in [0.15, 0.2) is 0 Å². The first-order valence-electron chi connectivity index (χ1n) is 11.4. The third-order valence-electron chi connectivity index (χ3n) is 4.85. The third kappa shape index (κ3) is 11.3. The largest absolute Gasteiger partial charge is 0.490 e. The van der Waals surface area contributed by atoms with Gasteiger partial charge in [-0.25, -0.2) is 4.79 Å². The first kappa shape index (κ1) is 26.8. The molecule has 2 rings (SSSR count). The quantitative estimate of drug-likeness (QED) is 0.424. The maximum Gasteiger partial charge on any atom is 0.407 e. The lowest BCUT2D eigenvalue weighted by molar-refractivity contribution is -0.126. The maximum atomic E-state index is 11.8. The van der Waals surface area contributed by atoms with E-state index in [0.717, 1.165) is 18.5 Å². The lowest BCUT2D eigenvalue weighted by Crippen LogP contribution is -2.34. The molecule has 2 amide bonds. The fourth-order valence-corrected chi connectivity index (χ4v) is 3.36. The van der Waals surface area contributed by atoms with Crippen LogP contribution in [0, 0.1) is 0 Å². The number of nitrogens with one attached hydrogen (secondary N) is 2. The van der Waals surface area contributed by atoms with Crippen LogP contribution >= 0.6 is 0 Å². The summed E-state index contributed by atoms with van der Waals surface area (Å²) in [7, 11) is 2.12. The van der Waals surface area contributed by atoms with E-state index in [-0.39, 0.29) is 19.1 Å². The van der Waals surface area contributed by atoms with E-state index in [9.17, 15) is 9.59 Å². The van der Waals surface area contributed by atoms with Crippen LogP contribution in [-0.2, 0) is 19.0 Å². The minimum Gasteiger partial charge on any atom is -0.490 e. The topological polar surface area (TPSA) is 111 Å². The Labute approximate surface area is 196 Å². The standard InChI is InChI=1S/C23H38N4O6/c1-23(2,3)33-22(29)26-7-10-30-12-13-31-17-21(28)25-8-11-32-19-14-18(15-24-16-19)20-6-5-9-27(20)4/h14-16,20H,5-13,17H2,1-4H3,(H,25,28)(H,26,29)/t20-/m0/s1. The summed E-state index contributed by atoms with van der Waals surface area (Å²) < 4.78 is 21.5. The molecule has 1 saturated heterocycles. The zero-order valence-electron chi connectivity index (χ0n) is 20.2. The van der Waals surface area contributed by atoms with Gasteiger partial charge in [0.2, 0.25) is 5.91 Å². The van der Waals surface area contributed by atoms with Crippen LogP contribution in [0.15, 0.2) is 18.5 Å². The number of alkyl carbamates (subject to hydrolysis) is 1. The van der Waals surface area contributed by atoms with Crippen molar-refractivity contribution in [2.45, 2.75) is 45.3 Å². The van der Waals surface area contributed by atoms with E-state index >= 15 is 0 Å². The van der Waals surface area contributed by atoms with Crippen molar-refractivity contribution in [2.75, 3.05) is 59.7 Å². The average Bonchev–Trinajstić information content (AvgIpc) is 3.18. The summed E-state index contributed by atoms with van der Waals surface area (Å²) in [6.45, 7) is 8.46. The smallest absolute Gasteiger partial charge is 0.407 e. The minimum atomic E-state index is -0.528. The highest BCUT2D eigenvalue weighted by atomic mass is 16.6. The molecule has 1 aromatic heterocycles. The highest BCUT2D eigenvalue weighted by Gasteiger charge is 2.23. The second-order valence-corrected chi connectivity index (χ2v) is 8.88. The van der Waals surface area contributed by atoms with Crippen molar-refractivity contribution in [3.8, 4) is 5.75 Å². The number of hydrogen-bond acceptors (Lipinski definition) is 8. The molecule has 1 atom stereocenters. The molecule has 10 heteroatoms. The zero-order chi connectivity index (χ0) is 24.1. The van der Waals surface area contributed by atoms with Crippen LogP contribution in [0.25, 0.3) is 0 Å². The number of nitrogens with zero attached hydrogens (tertiary/aromatic N) is 2. The third-order valence-corrected chi connectivity index (χ3v) is 4.85. The van der Waals surface area contributed by atoms with E-state index in [2.05, 4.69) is 27.6 Å². The lowest BCUT2D eigenvalue weighted by atomic mass is 10.1. The van der Waals surface area contributed by atoms with E-state index in [1.807, 2.05) is 12.3 Å². The Morgan fingerprint density at radius 2 is 1.85 bits per heavy atom. The molecular formula is C23H38N4O6. The molecule has 0 aliphatic carbocycles. The Morgan fingerprint density at radius 3 is 2.58 bits per heavy atom. The summed E-state index contributed by atoms with van der Waals surface area (Å²) in [5.74, 6) is 0.487. The number of amides is 2. The summed E-state index contributed by atoms with van der Waals surface area (Å²) in [6.07, 6.45) is 5.42. The molecule has 0 bridgehead atoms. The Balaban J connectivity index is 1.46. The number of carbonyl (C=O) groups excluding carboxylic acids is 2. The molecule has 0 unspecified atom stereocenters. The van der Waals surface area contributed by atoms with Gasteiger partial charge in [-0.2, -0.15) is 0 Å². The Morgan fingerprint density at radius 1 is 1.09 bits per heavy atom. The van der Waals surface area contributed by atoms with Crippen molar-refractivity contribution in [1.29, 1.82) is 0 Å². The highest BCUT2D eigenvalue weighted by molar-refractivity contribution is 5.77. The Hall–Kier alpha value is -2.43. The van der Waals surface area contributed by atoms with Crippen LogP contribution in [0.4, 0.5) is 4.79 Å². The van der Waals surface area contributed by atoms with Crippen molar-refractivity contribution < 1.29 is 28.5 Å². The monoisotopic (exact) mass is 466 g/mol. The van der Waals surface area contributed by atoms with Crippen LogP contribution in [-0.4, -0.2) is 87.2 Å². The second kappa shape index (κ2) is 14.0. The van der Waals surface area contributed by atoms with Gasteiger partial charge >= 0.3 is 6.09 Å². The molecule has 186 valence electrons. The predicted octanol–water partition coefficient (Wildman–Crippen LogP) is 1.90. The normalized spacial score (nSPS) is 16.4. The van der Waals surface area contributed by atoms with Crippen LogP contribution in [0.1, 0.15) is 45.2 Å². The number of ether oxygens (including phenoxy) is 4. The van der Waals surface area contributed by atoms with Crippen molar-refractivity contribution in [1.82, 2.24) is 20.5 Å². The molecule has 1 fully saturated rings. The van der Waals surface area contributed by atoms with Gasteiger partial charge < -0.3 is 29.6 Å². The van der Waals surface area contributed by atoms with Crippen molar-refractivity contribution >= 4 is 12.0 Å². The van der Waals surface area contributed by atoms with E-state index in [0.29, 0.717) is 44.7 Å². The van der Waals surface area contributed by atoms with E-state index in [1.54, 1.807) is 27.0 Å². The molecule has 0 spiro atoms.